The van der Waals surface area contributed by atoms with E-state index in [9.17, 15) is 4.79 Å². The maximum absolute atomic E-state index is 11.4. The Hall–Kier alpha value is -3.62. The van der Waals surface area contributed by atoms with Crippen LogP contribution in [0.4, 0.5) is 11.4 Å². The first-order valence-electron chi connectivity index (χ1n) is 8.81. The molecule has 28 heavy (non-hydrogen) atoms. The monoisotopic (exact) mass is 380 g/mol. The highest BCUT2D eigenvalue weighted by molar-refractivity contribution is 5.95. The van der Waals surface area contributed by atoms with Crippen molar-refractivity contribution in [1.82, 2.24) is 20.2 Å². The highest BCUT2D eigenvalue weighted by Gasteiger charge is 2.18. The van der Waals surface area contributed by atoms with E-state index in [4.69, 9.17) is 9.47 Å². The van der Waals surface area contributed by atoms with E-state index in [0.717, 1.165) is 16.9 Å². The van der Waals surface area contributed by atoms with Crippen LogP contribution in [0.15, 0.2) is 36.4 Å². The fraction of sp³-hybridized carbons (Fsp3) is 0.263. The van der Waals surface area contributed by atoms with Crippen molar-refractivity contribution in [2.75, 3.05) is 24.4 Å². The number of carbonyl (C=O) groups is 1. The minimum absolute atomic E-state index is 0.00254. The van der Waals surface area contributed by atoms with Gasteiger partial charge in [0.2, 0.25) is 0 Å². The summed E-state index contributed by atoms with van der Waals surface area (Å²) < 4.78 is 12.6. The number of ether oxygens (including phenoxy) is 2. The number of hydrogen-bond donors (Lipinski definition) is 2. The normalized spacial score (nSPS) is 13.9. The summed E-state index contributed by atoms with van der Waals surface area (Å²) in [4.78, 5) is 11.4. The minimum Gasteiger partial charge on any atom is -0.494 e. The predicted octanol–water partition coefficient (Wildman–Crippen LogP) is 2.48. The number of fused-ring (bicyclic) bond motifs is 1. The molecule has 144 valence electrons. The third-order valence-corrected chi connectivity index (χ3v) is 4.55. The molecule has 0 radical (unpaired) electrons. The average Bonchev–Trinajstić information content (AvgIpc) is 3.13. The van der Waals surface area contributed by atoms with Crippen LogP contribution >= 0.6 is 0 Å². The van der Waals surface area contributed by atoms with Gasteiger partial charge in [0.25, 0.3) is 5.91 Å². The summed E-state index contributed by atoms with van der Waals surface area (Å²) in [6.07, 6.45) is 0. The first-order chi connectivity index (χ1) is 13.5. The molecule has 0 fully saturated rings. The van der Waals surface area contributed by atoms with Crippen LogP contribution in [0.1, 0.15) is 24.4 Å². The summed E-state index contributed by atoms with van der Waals surface area (Å²) in [7, 11) is 1.61. The van der Waals surface area contributed by atoms with Crippen molar-refractivity contribution in [3.8, 4) is 17.2 Å². The summed E-state index contributed by atoms with van der Waals surface area (Å²) in [5.41, 5.74) is 3.36. The topological polar surface area (TPSA) is 103 Å². The average molecular weight is 380 g/mol. The molecule has 1 aromatic heterocycles. The molecule has 1 aliphatic heterocycles. The molecular formula is C19H20N6O3. The second-order valence-electron chi connectivity index (χ2n) is 6.48. The summed E-state index contributed by atoms with van der Waals surface area (Å²) in [5, 5.41) is 17.9. The number of tetrazole rings is 1. The molecule has 9 heteroatoms. The van der Waals surface area contributed by atoms with Gasteiger partial charge in [-0.2, -0.15) is 4.68 Å². The molecule has 0 saturated carbocycles. The second kappa shape index (κ2) is 7.18. The van der Waals surface area contributed by atoms with E-state index >= 15 is 0 Å². The van der Waals surface area contributed by atoms with Crippen LogP contribution in [0.25, 0.3) is 5.69 Å². The summed E-state index contributed by atoms with van der Waals surface area (Å²) >= 11 is 0. The molecule has 0 saturated heterocycles. The van der Waals surface area contributed by atoms with Gasteiger partial charge in [-0.15, -0.1) is 5.10 Å². The van der Waals surface area contributed by atoms with E-state index in [-0.39, 0.29) is 18.6 Å². The largest absolute Gasteiger partial charge is 0.494 e. The Morgan fingerprint density at radius 1 is 1.29 bits per heavy atom. The number of carbonyl (C=O) groups excluding carboxylic acids is 1. The Bertz CT molecular complexity index is 1030. The molecule has 0 bridgehead atoms. The van der Waals surface area contributed by atoms with Crippen LogP contribution in [-0.2, 0) is 4.79 Å². The number of hydrogen-bond acceptors (Lipinski definition) is 7. The van der Waals surface area contributed by atoms with Crippen molar-refractivity contribution in [3.63, 3.8) is 0 Å². The fourth-order valence-electron chi connectivity index (χ4n) is 3.09. The highest BCUT2D eigenvalue weighted by atomic mass is 16.5. The third-order valence-electron chi connectivity index (χ3n) is 4.55. The van der Waals surface area contributed by atoms with Gasteiger partial charge in [-0.3, -0.25) is 4.79 Å². The highest BCUT2D eigenvalue weighted by Crippen LogP contribution is 2.33. The Kier molecular flexibility index (Phi) is 4.56. The van der Waals surface area contributed by atoms with Gasteiger partial charge in [0, 0.05) is 11.7 Å². The van der Waals surface area contributed by atoms with Gasteiger partial charge in [-0.25, -0.2) is 0 Å². The van der Waals surface area contributed by atoms with E-state index in [1.54, 1.807) is 11.8 Å². The van der Waals surface area contributed by atoms with Crippen LogP contribution in [0.3, 0.4) is 0 Å². The van der Waals surface area contributed by atoms with Gasteiger partial charge in [0.1, 0.15) is 17.2 Å². The number of anilines is 2. The number of benzene rings is 2. The van der Waals surface area contributed by atoms with Crippen molar-refractivity contribution >= 4 is 17.3 Å². The molecule has 2 heterocycles. The van der Waals surface area contributed by atoms with Crippen LogP contribution in [0.5, 0.6) is 11.5 Å². The van der Waals surface area contributed by atoms with E-state index in [0.29, 0.717) is 23.0 Å². The number of aryl methyl sites for hydroxylation is 1. The standard InChI is InChI=1S/C19H20N6O3/c1-11(13-4-6-15-18(8-13)28-10-19(26)21-15)20-14-5-7-17(27-3)16(9-14)25-12(2)22-23-24-25/h4-9,11,20H,10H2,1-3H3,(H,21,26). The van der Waals surface area contributed by atoms with Gasteiger partial charge < -0.3 is 20.1 Å². The second-order valence-corrected chi connectivity index (χ2v) is 6.48. The predicted molar refractivity (Wildman–Crippen MR) is 103 cm³/mol. The summed E-state index contributed by atoms with van der Waals surface area (Å²) in [6, 6.07) is 11.5. The number of methoxy groups -OCH3 is 1. The maximum Gasteiger partial charge on any atom is 0.262 e. The molecule has 2 N–H and O–H groups in total. The Morgan fingerprint density at radius 2 is 2.14 bits per heavy atom. The SMILES string of the molecule is COc1ccc(NC(C)c2ccc3c(c2)OCC(=O)N3)cc1-n1nnnc1C. The quantitative estimate of drug-likeness (QED) is 0.701. The first kappa shape index (κ1) is 17.8. The van der Waals surface area contributed by atoms with Gasteiger partial charge >= 0.3 is 0 Å². The number of amides is 1. The number of rotatable bonds is 5. The zero-order valence-electron chi connectivity index (χ0n) is 15.8. The number of aromatic nitrogens is 4. The van der Waals surface area contributed by atoms with E-state index < -0.39 is 0 Å². The van der Waals surface area contributed by atoms with Crippen LogP contribution in [0, 0.1) is 6.92 Å². The first-order valence-corrected chi connectivity index (χ1v) is 8.81. The summed E-state index contributed by atoms with van der Waals surface area (Å²) in [6.45, 7) is 3.91. The van der Waals surface area contributed by atoms with Gasteiger partial charge in [0.15, 0.2) is 12.4 Å². The molecule has 1 aliphatic rings. The van der Waals surface area contributed by atoms with E-state index in [1.807, 2.05) is 43.3 Å². The molecule has 1 amide bonds. The molecule has 0 spiro atoms. The zero-order chi connectivity index (χ0) is 19.7. The fourth-order valence-corrected chi connectivity index (χ4v) is 3.09. The molecule has 2 aromatic carbocycles. The molecule has 1 unspecified atom stereocenters. The Labute approximate surface area is 161 Å². The van der Waals surface area contributed by atoms with Crippen molar-refractivity contribution < 1.29 is 14.3 Å². The molecule has 1 atom stereocenters. The number of nitrogens with zero attached hydrogens (tertiary/aromatic N) is 4. The zero-order valence-corrected chi connectivity index (χ0v) is 15.8. The lowest BCUT2D eigenvalue weighted by Crippen LogP contribution is -2.25. The van der Waals surface area contributed by atoms with Crippen molar-refractivity contribution in [2.24, 2.45) is 0 Å². The lowest BCUT2D eigenvalue weighted by molar-refractivity contribution is -0.118. The Morgan fingerprint density at radius 3 is 2.89 bits per heavy atom. The van der Waals surface area contributed by atoms with E-state index in [2.05, 4.69) is 33.1 Å². The van der Waals surface area contributed by atoms with Crippen molar-refractivity contribution in [3.05, 3.63) is 47.8 Å². The summed E-state index contributed by atoms with van der Waals surface area (Å²) in [5.74, 6) is 1.87. The minimum atomic E-state index is -0.143. The van der Waals surface area contributed by atoms with Gasteiger partial charge in [-0.05, 0) is 60.2 Å². The lowest BCUT2D eigenvalue weighted by Gasteiger charge is -2.22. The van der Waals surface area contributed by atoms with E-state index in [1.165, 1.54) is 0 Å². The number of nitrogens with one attached hydrogen (secondary N) is 2. The van der Waals surface area contributed by atoms with Crippen LogP contribution in [-0.4, -0.2) is 39.8 Å². The van der Waals surface area contributed by atoms with Crippen molar-refractivity contribution in [1.29, 1.82) is 0 Å². The van der Waals surface area contributed by atoms with Crippen molar-refractivity contribution in [2.45, 2.75) is 19.9 Å². The lowest BCUT2D eigenvalue weighted by atomic mass is 10.1. The smallest absolute Gasteiger partial charge is 0.262 e. The molecule has 9 nitrogen and oxygen atoms in total. The Balaban J connectivity index is 1.59. The third kappa shape index (κ3) is 3.34. The van der Waals surface area contributed by atoms with Gasteiger partial charge in [-0.1, -0.05) is 6.07 Å². The molecule has 0 aliphatic carbocycles. The maximum atomic E-state index is 11.4. The van der Waals surface area contributed by atoms with Gasteiger partial charge in [0.05, 0.1) is 12.8 Å². The molecular weight excluding hydrogens is 360 g/mol. The van der Waals surface area contributed by atoms with Crippen LogP contribution < -0.4 is 20.1 Å². The molecule has 3 aromatic rings. The molecule has 4 rings (SSSR count). The van der Waals surface area contributed by atoms with Crippen LogP contribution in [0.2, 0.25) is 0 Å².